The van der Waals surface area contributed by atoms with E-state index in [1.807, 2.05) is 0 Å². The maximum absolute atomic E-state index is 11.9. The van der Waals surface area contributed by atoms with Crippen molar-refractivity contribution in [1.29, 1.82) is 0 Å². The number of thiophene rings is 1. The van der Waals surface area contributed by atoms with Crippen molar-refractivity contribution in [3.05, 3.63) is 19.8 Å². The third-order valence-electron chi connectivity index (χ3n) is 0.925. The molecule has 0 aliphatic heterocycles. The molecule has 1 heterocycles. The van der Waals surface area contributed by atoms with Gasteiger partial charge in [-0.1, -0.05) is 11.6 Å². The van der Waals surface area contributed by atoms with Gasteiger partial charge in [0.25, 0.3) is 0 Å². The zero-order valence-electron chi connectivity index (χ0n) is 4.88. The molecule has 0 amide bonds. The van der Waals surface area contributed by atoms with Crippen molar-refractivity contribution in [3.63, 3.8) is 0 Å². The topological polar surface area (TPSA) is 0 Å². The average Bonchev–Trinajstić information content (AvgIpc) is 2.11. The van der Waals surface area contributed by atoms with E-state index in [2.05, 4.69) is 15.9 Å². The van der Waals surface area contributed by atoms with Gasteiger partial charge in [-0.3, -0.25) is 0 Å². The molecule has 0 nitrogen and oxygen atoms in total. The van der Waals surface area contributed by atoms with Crippen molar-refractivity contribution in [1.82, 2.24) is 0 Å². The molecule has 0 radical (unpaired) electrons. The Morgan fingerprint density at radius 1 is 1.45 bits per heavy atom. The van der Waals surface area contributed by atoms with Gasteiger partial charge in [0.1, 0.15) is 4.88 Å². The summed E-state index contributed by atoms with van der Waals surface area (Å²) in [7, 11) is 0. The van der Waals surface area contributed by atoms with Crippen molar-refractivity contribution >= 4 is 38.9 Å². The standard InChI is InChI=1S/C5HBrClF3S/c6-4-2(7)1-3(11-4)5(8,9)10/h1H. The second-order valence-electron chi connectivity index (χ2n) is 1.73. The summed E-state index contributed by atoms with van der Waals surface area (Å²) in [6.07, 6.45) is -4.29. The summed E-state index contributed by atoms with van der Waals surface area (Å²) in [6, 6.07) is 0.899. The average molecular weight is 265 g/mol. The van der Waals surface area contributed by atoms with Gasteiger partial charge in [0, 0.05) is 0 Å². The predicted molar refractivity (Wildman–Crippen MR) is 42.0 cm³/mol. The number of alkyl halides is 3. The van der Waals surface area contributed by atoms with Crippen LogP contribution in [0.5, 0.6) is 0 Å². The first-order chi connectivity index (χ1) is 4.91. The molecule has 0 N–H and O–H groups in total. The Hall–Kier alpha value is 0.260. The van der Waals surface area contributed by atoms with Crippen LogP contribution in [-0.4, -0.2) is 0 Å². The Bertz CT molecular complexity index is 248. The number of halogens is 5. The Kier molecular flexibility index (Phi) is 2.51. The van der Waals surface area contributed by atoms with Crippen molar-refractivity contribution < 1.29 is 13.2 Å². The third kappa shape index (κ3) is 2.10. The fourth-order valence-corrected chi connectivity index (χ4v) is 2.06. The van der Waals surface area contributed by atoms with Crippen molar-refractivity contribution in [2.45, 2.75) is 6.18 Å². The van der Waals surface area contributed by atoms with Crippen molar-refractivity contribution in [2.75, 3.05) is 0 Å². The molecule has 0 saturated heterocycles. The molecule has 0 aromatic carbocycles. The van der Waals surface area contributed by atoms with Gasteiger partial charge in [0.15, 0.2) is 0 Å². The molecule has 1 aromatic rings. The van der Waals surface area contributed by atoms with Gasteiger partial charge < -0.3 is 0 Å². The monoisotopic (exact) mass is 264 g/mol. The highest BCUT2D eigenvalue weighted by atomic mass is 79.9. The zero-order chi connectivity index (χ0) is 8.65. The first kappa shape index (κ1) is 9.35. The first-order valence-corrected chi connectivity index (χ1v) is 4.42. The van der Waals surface area contributed by atoms with Crippen molar-refractivity contribution in [2.24, 2.45) is 0 Å². The second-order valence-corrected chi connectivity index (χ2v) is 4.51. The van der Waals surface area contributed by atoms with Crippen LogP contribution in [0.2, 0.25) is 5.02 Å². The molecule has 0 saturated carbocycles. The van der Waals surface area contributed by atoms with Gasteiger partial charge >= 0.3 is 6.18 Å². The molecular weight excluding hydrogens is 264 g/mol. The Labute approximate surface area is 78.1 Å². The fourth-order valence-electron chi connectivity index (χ4n) is 0.486. The van der Waals surface area contributed by atoms with Crippen LogP contribution < -0.4 is 0 Å². The minimum Gasteiger partial charge on any atom is -0.165 e. The molecule has 0 atom stereocenters. The van der Waals surface area contributed by atoms with E-state index < -0.39 is 11.1 Å². The SMILES string of the molecule is FC(F)(F)c1cc(Cl)c(Br)s1. The van der Waals surface area contributed by atoms with E-state index in [0.29, 0.717) is 15.1 Å². The molecule has 6 heteroatoms. The minimum atomic E-state index is -4.29. The highest BCUT2D eigenvalue weighted by Crippen LogP contribution is 2.40. The zero-order valence-corrected chi connectivity index (χ0v) is 8.03. The lowest BCUT2D eigenvalue weighted by atomic mass is 10.5. The lowest BCUT2D eigenvalue weighted by molar-refractivity contribution is -0.134. The van der Waals surface area contributed by atoms with Gasteiger partial charge in [-0.2, -0.15) is 13.2 Å². The van der Waals surface area contributed by atoms with Gasteiger partial charge in [-0.05, 0) is 22.0 Å². The molecular formula is C5HBrClF3S. The van der Waals surface area contributed by atoms with E-state index in [-0.39, 0.29) is 5.02 Å². The number of rotatable bonds is 0. The van der Waals surface area contributed by atoms with Crippen LogP contribution in [0, 0.1) is 0 Å². The number of hydrogen-bond donors (Lipinski definition) is 0. The van der Waals surface area contributed by atoms with E-state index in [4.69, 9.17) is 11.6 Å². The van der Waals surface area contributed by atoms with Crippen LogP contribution >= 0.6 is 38.9 Å². The van der Waals surface area contributed by atoms with Crippen molar-refractivity contribution in [3.8, 4) is 0 Å². The Balaban J connectivity index is 3.08. The molecule has 62 valence electrons. The lowest BCUT2D eigenvalue weighted by Crippen LogP contribution is -2.00. The van der Waals surface area contributed by atoms with E-state index >= 15 is 0 Å². The van der Waals surface area contributed by atoms with Crippen LogP contribution in [-0.2, 0) is 6.18 Å². The molecule has 0 bridgehead atoms. The molecule has 1 aromatic heterocycles. The summed E-state index contributed by atoms with van der Waals surface area (Å²) in [4.78, 5) is -0.686. The smallest absolute Gasteiger partial charge is 0.165 e. The summed E-state index contributed by atoms with van der Waals surface area (Å²) in [5, 5.41) is 0.0994. The lowest BCUT2D eigenvalue weighted by Gasteiger charge is -1.99. The molecule has 11 heavy (non-hydrogen) atoms. The van der Waals surface area contributed by atoms with Crippen LogP contribution in [0.3, 0.4) is 0 Å². The van der Waals surface area contributed by atoms with Gasteiger partial charge in [-0.25, -0.2) is 0 Å². The first-order valence-electron chi connectivity index (χ1n) is 2.43. The molecule has 0 spiro atoms. The van der Waals surface area contributed by atoms with E-state index in [9.17, 15) is 13.2 Å². The highest BCUT2D eigenvalue weighted by molar-refractivity contribution is 9.11. The number of hydrogen-bond acceptors (Lipinski definition) is 1. The van der Waals surface area contributed by atoms with Crippen LogP contribution in [0.25, 0.3) is 0 Å². The minimum absolute atomic E-state index is 0.0994. The maximum atomic E-state index is 11.9. The molecule has 0 aliphatic carbocycles. The van der Waals surface area contributed by atoms with E-state index in [0.717, 1.165) is 6.07 Å². The van der Waals surface area contributed by atoms with E-state index in [1.165, 1.54) is 0 Å². The summed E-state index contributed by atoms with van der Waals surface area (Å²) in [6.45, 7) is 0. The summed E-state index contributed by atoms with van der Waals surface area (Å²) >= 11 is 8.88. The van der Waals surface area contributed by atoms with Gasteiger partial charge in [0.05, 0.1) is 8.81 Å². The van der Waals surface area contributed by atoms with Crippen LogP contribution in [0.1, 0.15) is 4.88 Å². The molecule has 0 unspecified atom stereocenters. The second kappa shape index (κ2) is 2.95. The van der Waals surface area contributed by atoms with Crippen LogP contribution in [0.15, 0.2) is 9.85 Å². The Morgan fingerprint density at radius 2 is 2.00 bits per heavy atom. The van der Waals surface area contributed by atoms with E-state index in [1.54, 1.807) is 0 Å². The summed E-state index contributed by atoms with van der Waals surface area (Å²) in [5.41, 5.74) is 0. The molecule has 1 rings (SSSR count). The predicted octanol–water partition coefficient (Wildman–Crippen LogP) is 4.18. The summed E-state index contributed by atoms with van der Waals surface area (Å²) in [5.74, 6) is 0. The maximum Gasteiger partial charge on any atom is 0.425 e. The Morgan fingerprint density at radius 3 is 2.18 bits per heavy atom. The quantitative estimate of drug-likeness (QED) is 0.660. The largest absolute Gasteiger partial charge is 0.425 e. The van der Waals surface area contributed by atoms with Crippen LogP contribution in [0.4, 0.5) is 13.2 Å². The summed E-state index contributed by atoms with van der Waals surface area (Å²) < 4.78 is 36.0. The normalized spacial score (nSPS) is 12.1. The molecule has 0 fully saturated rings. The van der Waals surface area contributed by atoms with Gasteiger partial charge in [-0.15, -0.1) is 11.3 Å². The van der Waals surface area contributed by atoms with Gasteiger partial charge in [0.2, 0.25) is 0 Å². The third-order valence-corrected chi connectivity index (χ3v) is 3.44. The molecule has 0 aliphatic rings. The fraction of sp³-hybridized carbons (Fsp3) is 0.200. The highest BCUT2D eigenvalue weighted by Gasteiger charge is 2.33.